The number of aryl methyl sites for hydroxylation is 1. The number of benzene rings is 1. The Morgan fingerprint density at radius 3 is 2.78 bits per heavy atom. The van der Waals surface area contributed by atoms with Gasteiger partial charge < -0.3 is 10.6 Å². The monoisotopic (exact) mass is 248 g/mol. The molecule has 0 heterocycles. The van der Waals surface area contributed by atoms with Crippen molar-refractivity contribution in [1.82, 2.24) is 4.90 Å². The average Bonchev–Trinajstić information content (AvgIpc) is 2.32. The van der Waals surface area contributed by atoms with Crippen molar-refractivity contribution in [2.75, 3.05) is 18.8 Å². The zero-order valence-electron chi connectivity index (χ0n) is 10.7. The second-order valence-electron chi connectivity index (χ2n) is 4.13. The molecule has 0 aromatic heterocycles. The van der Waals surface area contributed by atoms with E-state index >= 15 is 0 Å². The summed E-state index contributed by atoms with van der Waals surface area (Å²) in [7, 11) is 0. The molecule has 18 heavy (non-hydrogen) atoms. The van der Waals surface area contributed by atoms with Crippen molar-refractivity contribution in [3.8, 4) is 12.3 Å². The molecular weight excluding hydrogens is 231 g/mol. The molecule has 0 radical (unpaired) electrons. The maximum atomic E-state index is 13.9. The number of amides is 1. The summed E-state index contributed by atoms with van der Waals surface area (Å²) in [4.78, 5) is 13.6. The summed E-state index contributed by atoms with van der Waals surface area (Å²) < 4.78 is 13.9. The van der Waals surface area contributed by atoms with Crippen molar-refractivity contribution in [3.63, 3.8) is 0 Å². The van der Waals surface area contributed by atoms with Crippen LogP contribution in [-0.2, 0) is 0 Å². The Kier molecular flexibility index (Phi) is 4.73. The fourth-order valence-electron chi connectivity index (χ4n) is 1.76. The lowest BCUT2D eigenvalue weighted by Crippen LogP contribution is -2.33. The van der Waals surface area contributed by atoms with Crippen LogP contribution in [0.1, 0.15) is 29.3 Å². The Hall–Kier alpha value is -2.02. The first-order chi connectivity index (χ1) is 8.51. The highest BCUT2D eigenvalue weighted by Crippen LogP contribution is 2.18. The molecule has 96 valence electrons. The minimum Gasteiger partial charge on any atom is -0.399 e. The number of anilines is 1. The SMILES string of the molecule is C#CCN(CCC)C(=O)c1cc(N)cc(C)c1F. The number of halogens is 1. The van der Waals surface area contributed by atoms with Crippen LogP contribution in [-0.4, -0.2) is 23.9 Å². The molecule has 0 fully saturated rings. The predicted molar refractivity (Wildman–Crippen MR) is 70.6 cm³/mol. The van der Waals surface area contributed by atoms with E-state index < -0.39 is 11.7 Å². The third-order valence-corrected chi connectivity index (χ3v) is 2.57. The van der Waals surface area contributed by atoms with E-state index in [9.17, 15) is 9.18 Å². The topological polar surface area (TPSA) is 46.3 Å². The van der Waals surface area contributed by atoms with Crippen LogP contribution in [0, 0.1) is 25.1 Å². The van der Waals surface area contributed by atoms with E-state index in [0.29, 0.717) is 17.8 Å². The van der Waals surface area contributed by atoms with E-state index in [1.807, 2.05) is 6.92 Å². The molecule has 0 saturated carbocycles. The number of nitrogen functional groups attached to an aromatic ring is 1. The van der Waals surface area contributed by atoms with Crippen molar-refractivity contribution in [1.29, 1.82) is 0 Å². The van der Waals surface area contributed by atoms with Crippen LogP contribution in [0.3, 0.4) is 0 Å². The lowest BCUT2D eigenvalue weighted by atomic mass is 10.1. The van der Waals surface area contributed by atoms with Crippen molar-refractivity contribution in [3.05, 3.63) is 29.1 Å². The smallest absolute Gasteiger partial charge is 0.257 e. The highest BCUT2D eigenvalue weighted by Gasteiger charge is 2.19. The first-order valence-electron chi connectivity index (χ1n) is 5.79. The Balaban J connectivity index is 3.12. The molecule has 1 rings (SSSR count). The van der Waals surface area contributed by atoms with Gasteiger partial charge in [0, 0.05) is 12.2 Å². The predicted octanol–water partition coefficient (Wildman–Crippen LogP) is 2.20. The van der Waals surface area contributed by atoms with Crippen molar-refractivity contribution < 1.29 is 9.18 Å². The van der Waals surface area contributed by atoms with Gasteiger partial charge in [-0.05, 0) is 31.0 Å². The molecule has 2 N–H and O–H groups in total. The number of hydrogen-bond donors (Lipinski definition) is 1. The molecular formula is C14H17FN2O. The van der Waals surface area contributed by atoms with Gasteiger partial charge in [0.25, 0.3) is 5.91 Å². The molecule has 0 aliphatic rings. The number of carbonyl (C=O) groups is 1. The number of nitrogens with zero attached hydrogens (tertiary/aromatic N) is 1. The summed E-state index contributed by atoms with van der Waals surface area (Å²) in [6.07, 6.45) is 5.97. The van der Waals surface area contributed by atoms with Gasteiger partial charge in [-0.15, -0.1) is 6.42 Å². The van der Waals surface area contributed by atoms with Crippen LogP contribution in [0.4, 0.5) is 10.1 Å². The van der Waals surface area contributed by atoms with E-state index in [1.54, 1.807) is 6.92 Å². The summed E-state index contributed by atoms with van der Waals surface area (Å²) in [5, 5.41) is 0. The molecule has 1 aromatic carbocycles. The molecule has 1 aromatic rings. The normalized spacial score (nSPS) is 9.89. The first-order valence-corrected chi connectivity index (χ1v) is 5.79. The Labute approximate surface area is 107 Å². The minimum atomic E-state index is -0.535. The zero-order valence-corrected chi connectivity index (χ0v) is 10.7. The quantitative estimate of drug-likeness (QED) is 0.656. The highest BCUT2D eigenvalue weighted by atomic mass is 19.1. The van der Waals surface area contributed by atoms with Crippen molar-refractivity contribution in [2.24, 2.45) is 0 Å². The molecule has 3 nitrogen and oxygen atoms in total. The third kappa shape index (κ3) is 3.01. The van der Waals surface area contributed by atoms with Crippen LogP contribution in [0.25, 0.3) is 0 Å². The summed E-state index contributed by atoms with van der Waals surface area (Å²) in [5.41, 5.74) is 6.35. The molecule has 4 heteroatoms. The largest absolute Gasteiger partial charge is 0.399 e. The van der Waals surface area contributed by atoms with E-state index in [1.165, 1.54) is 17.0 Å². The minimum absolute atomic E-state index is 0.0174. The van der Waals surface area contributed by atoms with Gasteiger partial charge in [-0.1, -0.05) is 12.8 Å². The fourth-order valence-corrected chi connectivity index (χ4v) is 1.76. The number of nitrogens with two attached hydrogens (primary N) is 1. The lowest BCUT2D eigenvalue weighted by molar-refractivity contribution is 0.0772. The van der Waals surface area contributed by atoms with Crippen LogP contribution in [0.2, 0.25) is 0 Å². The van der Waals surface area contributed by atoms with Gasteiger partial charge in [-0.25, -0.2) is 4.39 Å². The maximum Gasteiger partial charge on any atom is 0.257 e. The van der Waals surface area contributed by atoms with Gasteiger partial charge in [0.15, 0.2) is 0 Å². The molecule has 0 unspecified atom stereocenters. The standard InChI is InChI=1S/C14H17FN2O/c1-4-6-17(7-5-2)14(18)12-9-11(16)8-10(3)13(12)15/h1,8-9H,5-7,16H2,2-3H3. The second-order valence-corrected chi connectivity index (χ2v) is 4.13. The molecule has 0 aliphatic heterocycles. The van der Waals surface area contributed by atoms with E-state index in [2.05, 4.69) is 5.92 Å². The fraction of sp³-hybridized carbons (Fsp3) is 0.357. The van der Waals surface area contributed by atoms with Gasteiger partial charge in [0.1, 0.15) is 5.82 Å². The molecule has 0 spiro atoms. The zero-order chi connectivity index (χ0) is 13.7. The van der Waals surface area contributed by atoms with E-state index in [4.69, 9.17) is 12.2 Å². The Morgan fingerprint density at radius 1 is 1.56 bits per heavy atom. The molecule has 0 atom stereocenters. The van der Waals surface area contributed by atoms with Crippen LogP contribution in [0.15, 0.2) is 12.1 Å². The summed E-state index contributed by atoms with van der Waals surface area (Å²) >= 11 is 0. The van der Waals surface area contributed by atoms with Crippen LogP contribution < -0.4 is 5.73 Å². The van der Waals surface area contributed by atoms with Gasteiger partial charge in [0.05, 0.1) is 12.1 Å². The number of rotatable bonds is 4. The lowest BCUT2D eigenvalue weighted by Gasteiger charge is -2.20. The van der Waals surface area contributed by atoms with Gasteiger partial charge in [-0.3, -0.25) is 4.79 Å². The summed E-state index contributed by atoms with van der Waals surface area (Å²) in [6, 6.07) is 2.85. The number of hydrogen-bond acceptors (Lipinski definition) is 2. The highest BCUT2D eigenvalue weighted by molar-refractivity contribution is 5.95. The number of terminal acetylenes is 1. The second kappa shape index (κ2) is 6.06. The first kappa shape index (κ1) is 14.0. The molecule has 0 aliphatic carbocycles. The summed E-state index contributed by atoms with van der Waals surface area (Å²) in [5.74, 6) is 1.45. The van der Waals surface area contributed by atoms with Crippen LogP contribution >= 0.6 is 0 Å². The molecule has 0 saturated heterocycles. The van der Waals surface area contributed by atoms with E-state index in [-0.39, 0.29) is 12.1 Å². The molecule has 0 bridgehead atoms. The van der Waals surface area contributed by atoms with Crippen LogP contribution in [0.5, 0.6) is 0 Å². The molecule has 1 amide bonds. The average molecular weight is 248 g/mol. The van der Waals surface area contributed by atoms with E-state index in [0.717, 1.165) is 6.42 Å². The van der Waals surface area contributed by atoms with Gasteiger partial charge >= 0.3 is 0 Å². The Morgan fingerprint density at radius 2 is 2.22 bits per heavy atom. The van der Waals surface area contributed by atoms with Crippen molar-refractivity contribution >= 4 is 11.6 Å². The Bertz CT molecular complexity index is 491. The third-order valence-electron chi connectivity index (χ3n) is 2.57. The maximum absolute atomic E-state index is 13.9. The summed E-state index contributed by atoms with van der Waals surface area (Å²) in [6.45, 7) is 4.17. The van der Waals surface area contributed by atoms with Gasteiger partial charge in [-0.2, -0.15) is 0 Å². The van der Waals surface area contributed by atoms with Crippen molar-refractivity contribution in [2.45, 2.75) is 20.3 Å². The number of carbonyl (C=O) groups excluding carboxylic acids is 1. The van der Waals surface area contributed by atoms with Gasteiger partial charge in [0.2, 0.25) is 0 Å².